The lowest BCUT2D eigenvalue weighted by molar-refractivity contribution is -0.209. The Balaban J connectivity index is 1.94. The SMILES string of the molecule is C=Nn1ccc(-c2cnc3nc(C(O)C(F)(F)F)n(Cc4ccnc(F)c4)c3c2)c1C(=NC)OC. The molecule has 4 aromatic heterocycles. The molecule has 182 valence electrons. The zero-order valence-corrected chi connectivity index (χ0v) is 18.5. The molecule has 35 heavy (non-hydrogen) atoms. The highest BCUT2D eigenvalue weighted by atomic mass is 19.4. The van der Waals surface area contributed by atoms with Crippen LogP contribution in [0.3, 0.4) is 0 Å². The number of hydrogen-bond donors (Lipinski definition) is 1. The van der Waals surface area contributed by atoms with E-state index in [1.54, 1.807) is 18.3 Å². The summed E-state index contributed by atoms with van der Waals surface area (Å²) in [6.45, 7) is 3.30. The van der Waals surface area contributed by atoms with Crippen LogP contribution in [0.1, 0.15) is 23.2 Å². The minimum absolute atomic E-state index is 0.0273. The van der Waals surface area contributed by atoms with Crippen LogP contribution in [0.2, 0.25) is 0 Å². The molecule has 0 aliphatic heterocycles. The lowest BCUT2D eigenvalue weighted by atomic mass is 10.1. The van der Waals surface area contributed by atoms with Gasteiger partial charge in [0.25, 0.3) is 0 Å². The van der Waals surface area contributed by atoms with Gasteiger partial charge in [-0.3, -0.25) is 4.99 Å². The van der Waals surface area contributed by atoms with Gasteiger partial charge in [-0.2, -0.15) is 22.7 Å². The van der Waals surface area contributed by atoms with Gasteiger partial charge in [-0.25, -0.2) is 19.6 Å². The second-order valence-corrected chi connectivity index (χ2v) is 7.35. The number of aliphatic hydroxyl groups excluding tert-OH is 1. The predicted octanol–water partition coefficient (Wildman–Crippen LogP) is 3.56. The van der Waals surface area contributed by atoms with Crippen LogP contribution >= 0.6 is 0 Å². The van der Waals surface area contributed by atoms with Crippen LogP contribution in [0.25, 0.3) is 22.3 Å². The highest BCUT2D eigenvalue weighted by molar-refractivity contribution is 6.00. The molecule has 0 aromatic carbocycles. The third kappa shape index (κ3) is 4.49. The maximum Gasteiger partial charge on any atom is 0.421 e. The first kappa shape index (κ1) is 24.0. The fourth-order valence-electron chi connectivity index (χ4n) is 3.69. The van der Waals surface area contributed by atoms with Gasteiger partial charge in [0.15, 0.2) is 11.5 Å². The molecule has 0 aliphatic rings. The molecule has 4 aromatic rings. The molecule has 0 fully saturated rings. The molecule has 9 nitrogen and oxygen atoms in total. The minimum atomic E-state index is -4.98. The summed E-state index contributed by atoms with van der Waals surface area (Å²) in [5, 5.41) is 13.9. The molecule has 4 heterocycles. The molecular weight excluding hydrogens is 470 g/mol. The Morgan fingerprint density at radius 2 is 2.03 bits per heavy atom. The van der Waals surface area contributed by atoms with Crippen molar-refractivity contribution in [3.63, 3.8) is 0 Å². The minimum Gasteiger partial charge on any atom is -0.480 e. The molecule has 13 heteroatoms. The van der Waals surface area contributed by atoms with Crippen molar-refractivity contribution in [2.24, 2.45) is 10.1 Å². The Morgan fingerprint density at radius 1 is 1.26 bits per heavy atom. The van der Waals surface area contributed by atoms with E-state index in [-0.39, 0.29) is 23.6 Å². The Kier molecular flexibility index (Phi) is 6.35. The molecule has 1 atom stereocenters. The van der Waals surface area contributed by atoms with Crippen molar-refractivity contribution in [1.29, 1.82) is 0 Å². The number of aliphatic hydroxyl groups is 1. The second kappa shape index (κ2) is 9.25. The molecule has 4 rings (SSSR count). The van der Waals surface area contributed by atoms with Gasteiger partial charge in [0.2, 0.25) is 17.9 Å². The summed E-state index contributed by atoms with van der Waals surface area (Å²) >= 11 is 0. The summed E-state index contributed by atoms with van der Waals surface area (Å²) in [6.07, 6.45) is -3.62. The summed E-state index contributed by atoms with van der Waals surface area (Å²) in [5.74, 6) is -1.23. The lowest BCUT2D eigenvalue weighted by Crippen LogP contribution is -2.24. The van der Waals surface area contributed by atoms with Gasteiger partial charge in [0.1, 0.15) is 5.69 Å². The van der Waals surface area contributed by atoms with Crippen LogP contribution in [0.5, 0.6) is 0 Å². The Hall–Kier alpha value is -4.13. The number of rotatable bonds is 6. The molecule has 1 unspecified atom stereocenters. The van der Waals surface area contributed by atoms with Crippen molar-refractivity contribution >= 4 is 23.8 Å². The third-order valence-corrected chi connectivity index (χ3v) is 5.25. The summed E-state index contributed by atoms with van der Waals surface area (Å²) in [5.41, 5.74) is 1.98. The van der Waals surface area contributed by atoms with Crippen LogP contribution < -0.4 is 0 Å². The molecule has 0 saturated carbocycles. The van der Waals surface area contributed by atoms with Crippen molar-refractivity contribution in [2.45, 2.75) is 18.8 Å². The largest absolute Gasteiger partial charge is 0.480 e. The van der Waals surface area contributed by atoms with E-state index in [4.69, 9.17) is 4.74 Å². The van der Waals surface area contributed by atoms with E-state index in [0.29, 0.717) is 22.4 Å². The van der Waals surface area contributed by atoms with Gasteiger partial charge in [-0.05, 0) is 29.8 Å². The first-order valence-corrected chi connectivity index (χ1v) is 10.1. The summed E-state index contributed by atoms with van der Waals surface area (Å²) in [6, 6.07) is 5.80. The lowest BCUT2D eigenvalue weighted by Gasteiger charge is -2.16. The second-order valence-electron chi connectivity index (χ2n) is 7.35. The average Bonchev–Trinajstić information content (AvgIpc) is 3.40. The van der Waals surface area contributed by atoms with Crippen LogP contribution in [0, 0.1) is 5.95 Å². The number of methoxy groups -OCH3 is 1. The van der Waals surface area contributed by atoms with Crippen LogP contribution in [-0.4, -0.2) is 62.3 Å². The van der Waals surface area contributed by atoms with Crippen molar-refractivity contribution in [1.82, 2.24) is 24.2 Å². The van der Waals surface area contributed by atoms with Gasteiger partial charge >= 0.3 is 6.18 Å². The fraction of sp³-hybridized carbons (Fsp3) is 0.227. The molecular formula is C22H19F4N7O2. The van der Waals surface area contributed by atoms with Gasteiger partial charge < -0.3 is 14.4 Å². The van der Waals surface area contributed by atoms with Crippen molar-refractivity contribution in [3.8, 4) is 11.1 Å². The maximum atomic E-state index is 13.6. The van der Waals surface area contributed by atoms with E-state index in [9.17, 15) is 22.7 Å². The normalized spacial score (nSPS) is 13.3. The quantitative estimate of drug-likeness (QED) is 0.193. The number of alkyl halides is 3. The van der Waals surface area contributed by atoms with Crippen molar-refractivity contribution in [2.75, 3.05) is 14.2 Å². The average molecular weight is 489 g/mol. The number of aromatic nitrogens is 5. The van der Waals surface area contributed by atoms with Crippen molar-refractivity contribution in [3.05, 3.63) is 65.9 Å². The Morgan fingerprint density at radius 3 is 2.66 bits per heavy atom. The van der Waals surface area contributed by atoms with Gasteiger partial charge in [0, 0.05) is 50.0 Å². The number of fused-ring (bicyclic) bond motifs is 1. The third-order valence-electron chi connectivity index (χ3n) is 5.25. The molecule has 0 radical (unpaired) electrons. The standard InChI is InChI=1S/C22H19F4N7O2/c1-27-21(35-3)17-14(5-7-33(17)28-2)13-9-15-19(30-10-13)31-20(18(34)22(24,25)26)32(15)11-12-4-6-29-16(23)8-12/h4-10,18,34H,2,11H2,1,3H3. The number of aliphatic imine (C=N–C) groups is 1. The van der Waals surface area contributed by atoms with E-state index >= 15 is 0 Å². The molecule has 0 aliphatic carbocycles. The summed E-state index contributed by atoms with van der Waals surface area (Å²) in [4.78, 5) is 15.7. The highest BCUT2D eigenvalue weighted by Crippen LogP contribution is 2.35. The van der Waals surface area contributed by atoms with E-state index in [0.717, 1.165) is 10.6 Å². The topological polar surface area (TPSA) is 103 Å². The molecule has 0 amide bonds. The molecule has 0 bridgehead atoms. The van der Waals surface area contributed by atoms with Gasteiger partial charge in [-0.1, -0.05) is 0 Å². The number of hydrogen-bond acceptors (Lipinski definition) is 7. The van der Waals surface area contributed by atoms with Crippen LogP contribution in [0.15, 0.2) is 52.9 Å². The monoisotopic (exact) mass is 489 g/mol. The number of ether oxygens (including phenoxy) is 1. The number of halogens is 4. The number of nitrogens with zero attached hydrogens (tertiary/aromatic N) is 7. The summed E-state index contributed by atoms with van der Waals surface area (Å²) < 4.78 is 61.8. The smallest absolute Gasteiger partial charge is 0.421 e. The zero-order valence-electron chi connectivity index (χ0n) is 18.5. The first-order chi connectivity index (χ1) is 16.7. The predicted molar refractivity (Wildman–Crippen MR) is 120 cm³/mol. The summed E-state index contributed by atoms with van der Waals surface area (Å²) in [7, 11) is 2.96. The highest BCUT2D eigenvalue weighted by Gasteiger charge is 2.43. The Labute approximate surface area is 196 Å². The van der Waals surface area contributed by atoms with E-state index < -0.39 is 24.1 Å². The zero-order chi connectivity index (χ0) is 25.3. The molecule has 0 spiro atoms. The van der Waals surface area contributed by atoms with E-state index in [1.165, 1.54) is 37.3 Å². The molecule has 0 saturated heterocycles. The number of pyridine rings is 2. The van der Waals surface area contributed by atoms with E-state index in [1.807, 2.05) is 0 Å². The van der Waals surface area contributed by atoms with Crippen LogP contribution in [-0.2, 0) is 11.3 Å². The van der Waals surface area contributed by atoms with E-state index in [2.05, 4.69) is 31.8 Å². The molecule has 1 N–H and O–H groups in total. The first-order valence-electron chi connectivity index (χ1n) is 10.1. The Bertz CT molecular complexity index is 1430. The maximum absolute atomic E-state index is 13.6. The fourth-order valence-corrected chi connectivity index (χ4v) is 3.69. The van der Waals surface area contributed by atoms with Crippen LogP contribution in [0.4, 0.5) is 17.6 Å². The van der Waals surface area contributed by atoms with Crippen molar-refractivity contribution < 1.29 is 27.4 Å². The van der Waals surface area contributed by atoms with Gasteiger partial charge in [0.05, 0.1) is 12.6 Å². The van der Waals surface area contributed by atoms with Gasteiger partial charge in [-0.15, -0.1) is 0 Å². The number of imidazole rings is 1.